The normalized spacial score (nSPS) is 22.5. The van der Waals surface area contributed by atoms with Crippen molar-refractivity contribution in [2.45, 2.75) is 57.7 Å². The average Bonchev–Trinajstić information content (AvgIpc) is 2.86. The van der Waals surface area contributed by atoms with Gasteiger partial charge in [-0.2, -0.15) is 0 Å². The van der Waals surface area contributed by atoms with Crippen LogP contribution in [0.15, 0.2) is 0 Å². The number of aromatic nitrogens is 3. The molecule has 0 amide bonds. The minimum atomic E-state index is 0.390. The minimum absolute atomic E-state index is 0.390. The summed E-state index contributed by atoms with van der Waals surface area (Å²) in [5.41, 5.74) is 0.390. The Morgan fingerprint density at radius 3 is 3.00 bits per heavy atom. The quantitative estimate of drug-likeness (QED) is 0.809. The van der Waals surface area contributed by atoms with Gasteiger partial charge in [-0.05, 0) is 32.6 Å². The van der Waals surface area contributed by atoms with Gasteiger partial charge >= 0.3 is 0 Å². The van der Waals surface area contributed by atoms with E-state index in [1.54, 1.807) is 0 Å². The van der Waals surface area contributed by atoms with E-state index in [9.17, 15) is 0 Å². The second kappa shape index (κ2) is 3.30. The van der Waals surface area contributed by atoms with Crippen molar-refractivity contribution in [2.24, 2.45) is 0 Å². The first-order valence-corrected chi connectivity index (χ1v) is 5.93. The third-order valence-corrected chi connectivity index (χ3v) is 3.61. The van der Waals surface area contributed by atoms with Gasteiger partial charge in [0.25, 0.3) is 0 Å². The summed E-state index contributed by atoms with van der Waals surface area (Å²) in [4.78, 5) is 0. The van der Waals surface area contributed by atoms with Crippen LogP contribution in [0.1, 0.15) is 44.3 Å². The van der Waals surface area contributed by atoms with Crippen LogP contribution in [0.3, 0.4) is 0 Å². The summed E-state index contributed by atoms with van der Waals surface area (Å²) in [6.45, 7) is 4.26. The predicted molar refractivity (Wildman–Crippen MR) is 57.4 cm³/mol. The molecule has 1 saturated carbocycles. The van der Waals surface area contributed by atoms with E-state index in [-0.39, 0.29) is 0 Å². The molecule has 2 aliphatic rings. The van der Waals surface area contributed by atoms with Gasteiger partial charge in [0.15, 0.2) is 0 Å². The summed E-state index contributed by atoms with van der Waals surface area (Å²) >= 11 is 0. The molecule has 4 nitrogen and oxygen atoms in total. The Balaban J connectivity index is 1.71. The summed E-state index contributed by atoms with van der Waals surface area (Å²) in [7, 11) is 0. The van der Waals surface area contributed by atoms with E-state index in [0.29, 0.717) is 5.54 Å². The molecule has 0 bridgehead atoms. The monoisotopic (exact) mass is 206 g/mol. The number of rotatable bonds is 3. The van der Waals surface area contributed by atoms with Crippen LogP contribution < -0.4 is 5.32 Å². The smallest absolute Gasteiger partial charge is 0.147 e. The van der Waals surface area contributed by atoms with E-state index >= 15 is 0 Å². The number of fused-ring (bicyclic) bond motifs is 1. The second-order valence-corrected chi connectivity index (χ2v) is 5.06. The summed E-state index contributed by atoms with van der Waals surface area (Å²) in [6, 6.07) is 0. The van der Waals surface area contributed by atoms with Crippen molar-refractivity contribution in [1.82, 2.24) is 20.1 Å². The Morgan fingerprint density at radius 2 is 2.20 bits per heavy atom. The lowest BCUT2D eigenvalue weighted by Gasteiger charge is -2.16. The standard InChI is InChI=1S/C11H18N4/c1-11(5-6-11)12-8-10-14-13-9-4-2-3-7-15(9)10/h12H,2-8H2,1H3. The molecular weight excluding hydrogens is 188 g/mol. The third-order valence-electron chi connectivity index (χ3n) is 3.61. The molecule has 0 aromatic carbocycles. The molecule has 2 heterocycles. The SMILES string of the molecule is CC1(NCc2nnc3n2CCCC3)CC1. The Hall–Kier alpha value is -0.900. The Morgan fingerprint density at radius 1 is 1.33 bits per heavy atom. The molecule has 0 atom stereocenters. The maximum Gasteiger partial charge on any atom is 0.147 e. The molecule has 1 aliphatic carbocycles. The van der Waals surface area contributed by atoms with Gasteiger partial charge in [0, 0.05) is 18.5 Å². The van der Waals surface area contributed by atoms with Crippen LogP contribution in [0.25, 0.3) is 0 Å². The fourth-order valence-corrected chi connectivity index (χ4v) is 2.16. The van der Waals surface area contributed by atoms with Gasteiger partial charge in [0.05, 0.1) is 6.54 Å². The molecule has 0 unspecified atom stereocenters. The maximum absolute atomic E-state index is 4.28. The first kappa shape index (κ1) is 9.33. The molecule has 0 radical (unpaired) electrons. The molecule has 1 aliphatic heterocycles. The molecule has 3 rings (SSSR count). The van der Waals surface area contributed by atoms with Crippen LogP contribution in [0.4, 0.5) is 0 Å². The summed E-state index contributed by atoms with van der Waals surface area (Å²) in [5, 5.41) is 12.1. The van der Waals surface area contributed by atoms with E-state index in [1.807, 2.05) is 0 Å². The van der Waals surface area contributed by atoms with E-state index in [4.69, 9.17) is 0 Å². The number of nitrogens with zero attached hydrogens (tertiary/aromatic N) is 3. The van der Waals surface area contributed by atoms with Crippen molar-refractivity contribution < 1.29 is 0 Å². The van der Waals surface area contributed by atoms with Crippen LogP contribution in [-0.2, 0) is 19.5 Å². The molecule has 1 fully saturated rings. The van der Waals surface area contributed by atoms with Gasteiger partial charge in [-0.1, -0.05) is 0 Å². The lowest BCUT2D eigenvalue weighted by atomic mass is 10.1. The number of hydrogen-bond donors (Lipinski definition) is 1. The topological polar surface area (TPSA) is 42.7 Å². The van der Waals surface area contributed by atoms with Gasteiger partial charge in [-0.3, -0.25) is 0 Å². The highest BCUT2D eigenvalue weighted by molar-refractivity contribution is 5.02. The van der Waals surface area contributed by atoms with Gasteiger partial charge in [0.2, 0.25) is 0 Å². The van der Waals surface area contributed by atoms with E-state index in [0.717, 1.165) is 25.3 Å². The molecule has 4 heteroatoms. The van der Waals surface area contributed by atoms with Crippen molar-refractivity contribution >= 4 is 0 Å². The average molecular weight is 206 g/mol. The van der Waals surface area contributed by atoms with Crippen LogP contribution in [-0.4, -0.2) is 20.3 Å². The lowest BCUT2D eigenvalue weighted by Crippen LogP contribution is -2.29. The number of nitrogens with one attached hydrogen (secondary N) is 1. The van der Waals surface area contributed by atoms with Crippen molar-refractivity contribution in [2.75, 3.05) is 0 Å². The van der Waals surface area contributed by atoms with Crippen LogP contribution in [0, 0.1) is 0 Å². The minimum Gasteiger partial charge on any atom is -0.314 e. The molecule has 1 aromatic heterocycles. The zero-order valence-corrected chi connectivity index (χ0v) is 9.29. The fraction of sp³-hybridized carbons (Fsp3) is 0.818. The summed E-state index contributed by atoms with van der Waals surface area (Å²) < 4.78 is 2.29. The van der Waals surface area contributed by atoms with Crippen LogP contribution in [0.5, 0.6) is 0 Å². The Bertz CT molecular complexity index is 365. The zero-order chi connectivity index (χ0) is 10.3. The fourth-order valence-electron chi connectivity index (χ4n) is 2.16. The third kappa shape index (κ3) is 1.78. The molecule has 1 aromatic rings. The number of hydrogen-bond acceptors (Lipinski definition) is 3. The Labute approximate surface area is 90.1 Å². The van der Waals surface area contributed by atoms with Crippen molar-refractivity contribution in [1.29, 1.82) is 0 Å². The molecule has 82 valence electrons. The molecule has 0 saturated heterocycles. The zero-order valence-electron chi connectivity index (χ0n) is 9.29. The first-order valence-electron chi connectivity index (χ1n) is 5.93. The van der Waals surface area contributed by atoms with Crippen molar-refractivity contribution in [3.8, 4) is 0 Å². The van der Waals surface area contributed by atoms with E-state index in [1.165, 1.54) is 31.5 Å². The molecular formula is C11H18N4. The first-order chi connectivity index (χ1) is 7.27. The Kier molecular flexibility index (Phi) is 2.06. The molecule has 0 spiro atoms. The summed E-state index contributed by atoms with van der Waals surface area (Å²) in [5.74, 6) is 2.30. The summed E-state index contributed by atoms with van der Waals surface area (Å²) in [6.07, 6.45) is 6.24. The molecule has 1 N–H and O–H groups in total. The highest BCUT2D eigenvalue weighted by atomic mass is 15.3. The van der Waals surface area contributed by atoms with Gasteiger partial charge in [-0.15, -0.1) is 10.2 Å². The predicted octanol–water partition coefficient (Wildman–Crippen LogP) is 1.26. The second-order valence-electron chi connectivity index (χ2n) is 5.06. The van der Waals surface area contributed by atoms with Gasteiger partial charge in [-0.25, -0.2) is 0 Å². The lowest BCUT2D eigenvalue weighted by molar-refractivity contribution is 0.473. The van der Waals surface area contributed by atoms with Crippen molar-refractivity contribution in [3.63, 3.8) is 0 Å². The highest BCUT2D eigenvalue weighted by Gasteiger charge is 2.36. The van der Waals surface area contributed by atoms with Gasteiger partial charge < -0.3 is 9.88 Å². The molecule has 15 heavy (non-hydrogen) atoms. The largest absolute Gasteiger partial charge is 0.314 e. The van der Waals surface area contributed by atoms with Gasteiger partial charge in [0.1, 0.15) is 11.6 Å². The number of aryl methyl sites for hydroxylation is 1. The van der Waals surface area contributed by atoms with Crippen LogP contribution >= 0.6 is 0 Å². The van der Waals surface area contributed by atoms with E-state index in [2.05, 4.69) is 27.0 Å². The van der Waals surface area contributed by atoms with E-state index < -0.39 is 0 Å². The van der Waals surface area contributed by atoms with Crippen molar-refractivity contribution in [3.05, 3.63) is 11.6 Å². The highest BCUT2D eigenvalue weighted by Crippen LogP contribution is 2.34. The van der Waals surface area contributed by atoms with Crippen LogP contribution in [0.2, 0.25) is 0 Å². The maximum atomic E-state index is 4.28.